The van der Waals surface area contributed by atoms with Gasteiger partial charge < -0.3 is 0 Å². The SMILES string of the molecule is C=C(C)C(=O)Cl.C=C(C)C(=O)Cl. The Morgan fingerprint density at radius 2 is 1.00 bits per heavy atom. The maximum Gasteiger partial charge on any atom is 0.247 e. The molecule has 0 rings (SSSR count). The molecule has 0 saturated heterocycles. The van der Waals surface area contributed by atoms with Gasteiger partial charge in [-0.1, -0.05) is 13.2 Å². The Labute approximate surface area is 81.9 Å². The molecule has 0 unspecified atom stereocenters. The number of rotatable bonds is 2. The maximum atomic E-state index is 9.81. The predicted octanol–water partition coefficient (Wildman–Crippen LogP) is 2.66. The second-order valence-electron chi connectivity index (χ2n) is 2.11. The summed E-state index contributed by atoms with van der Waals surface area (Å²) in [6.07, 6.45) is 0. The average Bonchev–Trinajstić information content (AvgIpc) is 1.88. The van der Waals surface area contributed by atoms with E-state index in [-0.39, 0.29) is 0 Å². The van der Waals surface area contributed by atoms with Crippen LogP contribution in [0.3, 0.4) is 0 Å². The van der Waals surface area contributed by atoms with Crippen LogP contribution in [0.2, 0.25) is 0 Å². The first kappa shape index (κ1) is 14.0. The van der Waals surface area contributed by atoms with E-state index in [9.17, 15) is 9.59 Å². The van der Waals surface area contributed by atoms with Gasteiger partial charge in [0.05, 0.1) is 0 Å². The predicted molar refractivity (Wildman–Crippen MR) is 51.3 cm³/mol. The minimum absolute atomic E-state index is 0.386. The minimum Gasteiger partial charge on any atom is -0.276 e. The van der Waals surface area contributed by atoms with Gasteiger partial charge in [0, 0.05) is 11.1 Å². The van der Waals surface area contributed by atoms with Crippen molar-refractivity contribution in [2.45, 2.75) is 13.8 Å². The quantitative estimate of drug-likeness (QED) is 0.517. The fourth-order valence-electron chi connectivity index (χ4n) is 0. The molecule has 4 heteroatoms. The molecule has 0 saturated carbocycles. The topological polar surface area (TPSA) is 34.1 Å². The Balaban J connectivity index is 0. The highest BCUT2D eigenvalue weighted by atomic mass is 35.5. The van der Waals surface area contributed by atoms with Crippen LogP contribution in [0.1, 0.15) is 13.8 Å². The van der Waals surface area contributed by atoms with Crippen LogP contribution in [0.5, 0.6) is 0 Å². The molecule has 0 radical (unpaired) electrons. The third kappa shape index (κ3) is 12.1. The van der Waals surface area contributed by atoms with Crippen molar-refractivity contribution in [2.24, 2.45) is 0 Å². The summed E-state index contributed by atoms with van der Waals surface area (Å²) >= 11 is 9.75. The molecule has 0 aliphatic rings. The summed E-state index contributed by atoms with van der Waals surface area (Å²) < 4.78 is 0. The number of allylic oxidation sites excluding steroid dienone is 2. The van der Waals surface area contributed by atoms with Gasteiger partial charge in [-0.3, -0.25) is 9.59 Å². The van der Waals surface area contributed by atoms with E-state index in [1.807, 2.05) is 0 Å². The molecule has 0 N–H and O–H groups in total. The van der Waals surface area contributed by atoms with E-state index in [1.165, 1.54) is 0 Å². The largest absolute Gasteiger partial charge is 0.276 e. The van der Waals surface area contributed by atoms with Gasteiger partial charge in [0.15, 0.2) is 0 Å². The van der Waals surface area contributed by atoms with Crippen LogP contribution < -0.4 is 0 Å². The molecule has 0 aliphatic heterocycles. The first-order chi connectivity index (χ1) is 5.29. The van der Waals surface area contributed by atoms with Crippen molar-refractivity contribution >= 4 is 33.7 Å². The highest BCUT2D eigenvalue weighted by molar-refractivity contribution is 6.67. The normalized spacial score (nSPS) is 7.67. The van der Waals surface area contributed by atoms with E-state index in [4.69, 9.17) is 23.2 Å². The second-order valence-corrected chi connectivity index (χ2v) is 2.79. The van der Waals surface area contributed by atoms with Crippen LogP contribution >= 0.6 is 23.2 Å². The van der Waals surface area contributed by atoms with Crippen molar-refractivity contribution < 1.29 is 9.59 Å². The Hall–Kier alpha value is -0.600. The van der Waals surface area contributed by atoms with Gasteiger partial charge >= 0.3 is 0 Å². The molecule has 0 aliphatic carbocycles. The molecule has 0 aromatic heterocycles. The summed E-state index contributed by atoms with van der Waals surface area (Å²) in [4.78, 5) is 19.6. The lowest BCUT2D eigenvalue weighted by molar-refractivity contribution is -0.109. The third-order valence-corrected chi connectivity index (χ3v) is 1.32. The standard InChI is InChI=1S/2C4H5ClO/c2*1-3(2)4(5)6/h2*1H2,2H3. The van der Waals surface area contributed by atoms with Gasteiger partial charge in [-0.15, -0.1) is 0 Å². The maximum absolute atomic E-state index is 9.81. The van der Waals surface area contributed by atoms with Crippen molar-refractivity contribution in [2.75, 3.05) is 0 Å². The van der Waals surface area contributed by atoms with Crippen molar-refractivity contribution in [1.82, 2.24) is 0 Å². The van der Waals surface area contributed by atoms with Crippen LogP contribution in [0, 0.1) is 0 Å². The molecule has 0 bridgehead atoms. The van der Waals surface area contributed by atoms with Crippen LogP contribution in [-0.2, 0) is 9.59 Å². The van der Waals surface area contributed by atoms with E-state index in [0.717, 1.165) is 0 Å². The third-order valence-electron chi connectivity index (χ3n) is 0.671. The fraction of sp³-hybridized carbons (Fsp3) is 0.250. The molecule has 12 heavy (non-hydrogen) atoms. The number of hydrogen-bond donors (Lipinski definition) is 0. The molecule has 0 aromatic carbocycles. The summed E-state index contributed by atoms with van der Waals surface area (Å²) in [6.45, 7) is 9.68. The van der Waals surface area contributed by atoms with Gasteiger partial charge in [0.2, 0.25) is 10.5 Å². The Kier molecular flexibility index (Phi) is 8.22. The molecule has 0 fully saturated rings. The Morgan fingerprint density at radius 1 is 0.917 bits per heavy atom. The first-order valence-electron chi connectivity index (χ1n) is 2.99. The van der Waals surface area contributed by atoms with Gasteiger partial charge in [0.25, 0.3) is 0 Å². The molecular weight excluding hydrogens is 199 g/mol. The first-order valence-corrected chi connectivity index (χ1v) is 3.75. The van der Waals surface area contributed by atoms with Crippen LogP contribution in [0.4, 0.5) is 0 Å². The van der Waals surface area contributed by atoms with E-state index < -0.39 is 10.5 Å². The Morgan fingerprint density at radius 3 is 1.00 bits per heavy atom. The van der Waals surface area contributed by atoms with Crippen molar-refractivity contribution in [3.8, 4) is 0 Å². The molecule has 0 heterocycles. The zero-order valence-electron chi connectivity index (χ0n) is 6.99. The van der Waals surface area contributed by atoms with E-state index in [0.29, 0.717) is 11.1 Å². The smallest absolute Gasteiger partial charge is 0.247 e. The van der Waals surface area contributed by atoms with Crippen molar-refractivity contribution in [1.29, 1.82) is 0 Å². The van der Waals surface area contributed by atoms with Crippen LogP contribution in [0.25, 0.3) is 0 Å². The summed E-state index contributed by atoms with van der Waals surface area (Å²) in [5, 5.41) is -0.926. The van der Waals surface area contributed by atoms with E-state index in [1.54, 1.807) is 13.8 Å². The fourth-order valence-corrected chi connectivity index (χ4v) is 0. The average molecular weight is 209 g/mol. The van der Waals surface area contributed by atoms with E-state index >= 15 is 0 Å². The molecule has 0 amide bonds. The van der Waals surface area contributed by atoms with Crippen molar-refractivity contribution in [3.63, 3.8) is 0 Å². The molecule has 0 aromatic rings. The highest BCUT2D eigenvalue weighted by Gasteiger charge is 1.90. The van der Waals surface area contributed by atoms with E-state index in [2.05, 4.69) is 13.2 Å². The molecule has 0 atom stereocenters. The minimum atomic E-state index is -0.463. The van der Waals surface area contributed by atoms with Crippen molar-refractivity contribution in [3.05, 3.63) is 24.3 Å². The zero-order chi connectivity index (χ0) is 10.3. The molecular formula is C8H10Cl2O2. The number of carbonyl (C=O) groups excluding carboxylic acids is 2. The van der Waals surface area contributed by atoms with Gasteiger partial charge in [-0.05, 0) is 37.0 Å². The van der Waals surface area contributed by atoms with Gasteiger partial charge in [-0.2, -0.15) is 0 Å². The monoisotopic (exact) mass is 208 g/mol. The highest BCUT2D eigenvalue weighted by Crippen LogP contribution is 1.91. The number of carbonyl (C=O) groups is 2. The summed E-state index contributed by atoms with van der Waals surface area (Å²) in [5.74, 6) is 0. The summed E-state index contributed by atoms with van der Waals surface area (Å²) in [6, 6.07) is 0. The summed E-state index contributed by atoms with van der Waals surface area (Å²) in [5.41, 5.74) is 0.772. The summed E-state index contributed by atoms with van der Waals surface area (Å²) in [7, 11) is 0. The van der Waals surface area contributed by atoms with Gasteiger partial charge in [-0.25, -0.2) is 0 Å². The lowest BCUT2D eigenvalue weighted by Gasteiger charge is -1.77. The van der Waals surface area contributed by atoms with Gasteiger partial charge in [0.1, 0.15) is 0 Å². The Bertz CT molecular complexity index is 171. The van der Waals surface area contributed by atoms with Crippen LogP contribution in [0.15, 0.2) is 24.3 Å². The number of hydrogen-bond acceptors (Lipinski definition) is 2. The number of halogens is 2. The molecule has 68 valence electrons. The zero-order valence-corrected chi connectivity index (χ0v) is 8.50. The molecule has 0 spiro atoms. The second kappa shape index (κ2) is 7.07. The molecule has 2 nitrogen and oxygen atoms in total. The van der Waals surface area contributed by atoms with Crippen LogP contribution in [-0.4, -0.2) is 10.5 Å². The lowest BCUT2D eigenvalue weighted by Crippen LogP contribution is -1.81. The lowest BCUT2D eigenvalue weighted by atomic mass is 10.4.